The number of hydrogen-bond acceptors (Lipinski definition) is 5. The van der Waals surface area contributed by atoms with Crippen LogP contribution in [0.25, 0.3) is 0 Å². The second-order valence-corrected chi connectivity index (χ2v) is 5.78. The van der Waals surface area contributed by atoms with Gasteiger partial charge in [0.05, 0.1) is 19.8 Å². The van der Waals surface area contributed by atoms with Crippen molar-refractivity contribution in [1.29, 1.82) is 0 Å². The van der Waals surface area contributed by atoms with E-state index in [4.69, 9.17) is 9.47 Å². The zero-order valence-corrected chi connectivity index (χ0v) is 15.1. The highest BCUT2D eigenvalue weighted by atomic mass is 16.5. The Balaban J connectivity index is 2.04. The number of carbonyl (C=O) groups excluding carboxylic acids is 1. The molecule has 0 saturated carbocycles. The van der Waals surface area contributed by atoms with Crippen molar-refractivity contribution in [1.82, 2.24) is 10.6 Å². The highest BCUT2D eigenvalue weighted by Crippen LogP contribution is 2.11. The van der Waals surface area contributed by atoms with Crippen molar-refractivity contribution in [2.45, 2.75) is 51.6 Å². The van der Waals surface area contributed by atoms with Gasteiger partial charge in [-0.1, -0.05) is 0 Å². The molecule has 1 saturated heterocycles. The SMILES string of the molecule is CCNC(=NCCCOCC1CCCO1)NCCCCC(=O)OC. The summed E-state index contributed by atoms with van der Waals surface area (Å²) in [5.41, 5.74) is 0. The quantitative estimate of drug-likeness (QED) is 0.242. The van der Waals surface area contributed by atoms with E-state index >= 15 is 0 Å². The lowest BCUT2D eigenvalue weighted by Crippen LogP contribution is -2.38. The minimum absolute atomic E-state index is 0.154. The molecule has 7 heteroatoms. The number of rotatable bonds is 12. The number of esters is 1. The summed E-state index contributed by atoms with van der Waals surface area (Å²) < 4.78 is 15.8. The molecule has 24 heavy (non-hydrogen) atoms. The van der Waals surface area contributed by atoms with Crippen LogP contribution < -0.4 is 10.6 Å². The van der Waals surface area contributed by atoms with Crippen molar-refractivity contribution in [3.05, 3.63) is 0 Å². The van der Waals surface area contributed by atoms with Gasteiger partial charge in [-0.25, -0.2) is 0 Å². The minimum Gasteiger partial charge on any atom is -0.469 e. The van der Waals surface area contributed by atoms with Crippen LogP contribution in [0.1, 0.15) is 45.4 Å². The molecule has 1 unspecified atom stereocenters. The molecule has 1 atom stereocenters. The van der Waals surface area contributed by atoms with Crippen LogP contribution in [-0.2, 0) is 19.0 Å². The molecule has 0 bridgehead atoms. The Morgan fingerprint density at radius 3 is 2.88 bits per heavy atom. The summed E-state index contributed by atoms with van der Waals surface area (Å²) in [4.78, 5) is 15.5. The first kappa shape index (κ1) is 20.7. The standard InChI is InChI=1S/C17H33N3O4/c1-3-18-17(19-10-5-4-9-16(21)22-2)20-11-7-12-23-14-15-8-6-13-24-15/h15H,3-14H2,1-2H3,(H2,18,19,20). The number of nitrogens with one attached hydrogen (secondary N) is 2. The average molecular weight is 343 g/mol. The molecular formula is C17H33N3O4. The van der Waals surface area contributed by atoms with Gasteiger partial charge in [-0.15, -0.1) is 0 Å². The highest BCUT2D eigenvalue weighted by molar-refractivity contribution is 5.79. The first-order valence-corrected chi connectivity index (χ1v) is 9.04. The van der Waals surface area contributed by atoms with Gasteiger partial charge in [0.1, 0.15) is 0 Å². The molecule has 1 rings (SSSR count). The van der Waals surface area contributed by atoms with E-state index in [1.807, 2.05) is 6.92 Å². The minimum atomic E-state index is -0.154. The van der Waals surface area contributed by atoms with Crippen LogP contribution in [0.2, 0.25) is 0 Å². The molecule has 0 aliphatic carbocycles. The van der Waals surface area contributed by atoms with E-state index in [0.717, 1.165) is 64.3 Å². The van der Waals surface area contributed by atoms with Crippen LogP contribution >= 0.6 is 0 Å². The molecule has 1 aliphatic rings. The molecule has 140 valence electrons. The summed E-state index contributed by atoms with van der Waals surface area (Å²) in [6.45, 7) is 6.66. The van der Waals surface area contributed by atoms with Crippen molar-refractivity contribution >= 4 is 11.9 Å². The fourth-order valence-electron chi connectivity index (χ4n) is 2.39. The lowest BCUT2D eigenvalue weighted by molar-refractivity contribution is -0.140. The number of ether oxygens (including phenoxy) is 3. The van der Waals surface area contributed by atoms with Gasteiger partial charge in [-0.3, -0.25) is 9.79 Å². The fraction of sp³-hybridized carbons (Fsp3) is 0.882. The third-order valence-corrected chi connectivity index (χ3v) is 3.72. The molecule has 2 N–H and O–H groups in total. The first-order valence-electron chi connectivity index (χ1n) is 9.04. The number of carbonyl (C=O) groups is 1. The third-order valence-electron chi connectivity index (χ3n) is 3.72. The molecule has 0 aromatic heterocycles. The number of nitrogens with zero attached hydrogens (tertiary/aromatic N) is 1. The second-order valence-electron chi connectivity index (χ2n) is 5.78. The fourth-order valence-corrected chi connectivity index (χ4v) is 2.39. The maximum atomic E-state index is 11.0. The van der Waals surface area contributed by atoms with Gasteiger partial charge in [-0.05, 0) is 39.0 Å². The van der Waals surface area contributed by atoms with E-state index in [0.29, 0.717) is 19.6 Å². The molecule has 0 radical (unpaired) electrons. The number of guanidine groups is 1. The number of hydrogen-bond donors (Lipinski definition) is 2. The smallest absolute Gasteiger partial charge is 0.305 e. The number of unbranched alkanes of at least 4 members (excludes halogenated alkanes) is 1. The molecule has 0 spiro atoms. The second kappa shape index (κ2) is 14.0. The number of aliphatic imine (C=N–C) groups is 1. The highest BCUT2D eigenvalue weighted by Gasteiger charge is 2.14. The summed E-state index contributed by atoms with van der Waals surface area (Å²) in [5.74, 6) is 0.660. The third kappa shape index (κ3) is 10.4. The Kier molecular flexibility index (Phi) is 12.1. The van der Waals surface area contributed by atoms with Crippen molar-refractivity contribution in [2.24, 2.45) is 4.99 Å². The maximum Gasteiger partial charge on any atom is 0.305 e. The van der Waals surface area contributed by atoms with Gasteiger partial charge in [0.2, 0.25) is 0 Å². The van der Waals surface area contributed by atoms with Crippen molar-refractivity contribution in [3.63, 3.8) is 0 Å². The predicted octanol–water partition coefficient (Wildman–Crippen LogP) is 1.47. The van der Waals surface area contributed by atoms with Crippen LogP contribution in [0.3, 0.4) is 0 Å². The molecule has 1 aliphatic heterocycles. The van der Waals surface area contributed by atoms with Crippen LogP contribution in [0, 0.1) is 0 Å². The van der Waals surface area contributed by atoms with Gasteiger partial charge >= 0.3 is 5.97 Å². The summed E-state index contributed by atoms with van der Waals surface area (Å²) >= 11 is 0. The zero-order valence-electron chi connectivity index (χ0n) is 15.1. The van der Waals surface area contributed by atoms with Crippen LogP contribution in [0.5, 0.6) is 0 Å². The monoisotopic (exact) mass is 343 g/mol. The first-order chi connectivity index (χ1) is 11.8. The summed E-state index contributed by atoms with van der Waals surface area (Å²) in [6, 6.07) is 0. The van der Waals surface area contributed by atoms with E-state index in [9.17, 15) is 4.79 Å². The van der Waals surface area contributed by atoms with E-state index in [-0.39, 0.29) is 12.1 Å². The van der Waals surface area contributed by atoms with Crippen LogP contribution in [-0.4, -0.2) is 64.6 Å². The van der Waals surface area contributed by atoms with Crippen LogP contribution in [0.4, 0.5) is 0 Å². The average Bonchev–Trinajstić information content (AvgIpc) is 3.10. The van der Waals surface area contributed by atoms with Crippen molar-refractivity contribution in [3.8, 4) is 0 Å². The van der Waals surface area contributed by atoms with Gasteiger partial charge in [0, 0.05) is 39.3 Å². The molecule has 0 aromatic carbocycles. The maximum absolute atomic E-state index is 11.0. The van der Waals surface area contributed by atoms with E-state index in [1.54, 1.807) is 0 Å². The lowest BCUT2D eigenvalue weighted by atomic mass is 10.2. The zero-order chi connectivity index (χ0) is 17.5. The topological polar surface area (TPSA) is 81.2 Å². The van der Waals surface area contributed by atoms with E-state index < -0.39 is 0 Å². The van der Waals surface area contributed by atoms with Gasteiger partial charge in [-0.2, -0.15) is 0 Å². The van der Waals surface area contributed by atoms with Crippen LogP contribution in [0.15, 0.2) is 4.99 Å². The molecule has 1 heterocycles. The Bertz CT molecular complexity index is 358. The summed E-state index contributed by atoms with van der Waals surface area (Å²) in [7, 11) is 1.42. The predicted molar refractivity (Wildman–Crippen MR) is 94.3 cm³/mol. The van der Waals surface area contributed by atoms with E-state index in [2.05, 4.69) is 20.4 Å². The molecule has 1 fully saturated rings. The Morgan fingerprint density at radius 2 is 2.17 bits per heavy atom. The molecular weight excluding hydrogens is 310 g/mol. The van der Waals surface area contributed by atoms with Gasteiger partial charge in [0.15, 0.2) is 5.96 Å². The normalized spacial score (nSPS) is 17.8. The Labute approximate surface area is 145 Å². The summed E-state index contributed by atoms with van der Waals surface area (Å²) in [5, 5.41) is 6.49. The number of methoxy groups -OCH3 is 1. The Morgan fingerprint density at radius 1 is 1.29 bits per heavy atom. The molecule has 0 amide bonds. The van der Waals surface area contributed by atoms with Gasteiger partial charge < -0.3 is 24.8 Å². The Hall–Kier alpha value is -1.34. The molecule has 0 aromatic rings. The van der Waals surface area contributed by atoms with Crippen molar-refractivity contribution in [2.75, 3.05) is 46.6 Å². The molecule has 7 nitrogen and oxygen atoms in total. The largest absolute Gasteiger partial charge is 0.469 e. The van der Waals surface area contributed by atoms with Crippen molar-refractivity contribution < 1.29 is 19.0 Å². The van der Waals surface area contributed by atoms with Gasteiger partial charge in [0.25, 0.3) is 0 Å². The summed E-state index contributed by atoms with van der Waals surface area (Å²) in [6.07, 6.45) is 5.63. The van der Waals surface area contributed by atoms with E-state index in [1.165, 1.54) is 7.11 Å². The lowest BCUT2D eigenvalue weighted by Gasteiger charge is -2.11.